The van der Waals surface area contributed by atoms with Crippen LogP contribution in [0.1, 0.15) is 23.8 Å². The Balaban J connectivity index is 2.32. The number of aromatic nitrogens is 2. The number of carbonyl (C=O) groups excluding carboxylic acids is 1. The van der Waals surface area contributed by atoms with Gasteiger partial charge < -0.3 is 10.0 Å². The van der Waals surface area contributed by atoms with E-state index in [2.05, 4.69) is 5.10 Å². The third kappa shape index (κ3) is 2.64. The Kier molecular flexibility index (Phi) is 4.02. The Hall–Kier alpha value is -2.37. The van der Waals surface area contributed by atoms with E-state index in [0.717, 1.165) is 10.9 Å². The number of benzene rings is 1. The van der Waals surface area contributed by atoms with Crippen molar-refractivity contribution < 1.29 is 14.7 Å². The molecule has 0 aliphatic rings. The Morgan fingerprint density at radius 3 is 2.70 bits per heavy atom. The van der Waals surface area contributed by atoms with Gasteiger partial charge in [-0.3, -0.25) is 14.3 Å². The third-order valence-corrected chi connectivity index (χ3v) is 3.22. The number of carbonyl (C=O) groups is 2. The van der Waals surface area contributed by atoms with Crippen LogP contribution in [0.25, 0.3) is 10.9 Å². The molecule has 0 aliphatic carbocycles. The van der Waals surface area contributed by atoms with Gasteiger partial charge in [0, 0.05) is 25.5 Å². The smallest absolute Gasteiger partial charge is 0.305 e. The van der Waals surface area contributed by atoms with Crippen LogP contribution >= 0.6 is 0 Å². The Labute approximate surface area is 116 Å². The molecule has 1 heterocycles. The van der Waals surface area contributed by atoms with E-state index in [4.69, 9.17) is 5.11 Å². The molecule has 0 radical (unpaired) electrons. The van der Waals surface area contributed by atoms with Crippen LogP contribution in [0.3, 0.4) is 0 Å². The van der Waals surface area contributed by atoms with E-state index in [1.165, 1.54) is 4.90 Å². The number of aryl methyl sites for hydroxylation is 1. The van der Waals surface area contributed by atoms with Gasteiger partial charge in [0.25, 0.3) is 5.91 Å². The molecule has 6 heteroatoms. The normalized spacial score (nSPS) is 10.7. The van der Waals surface area contributed by atoms with Crippen LogP contribution in [-0.2, 0) is 11.8 Å². The van der Waals surface area contributed by atoms with Crippen LogP contribution in [0.4, 0.5) is 0 Å². The van der Waals surface area contributed by atoms with Crippen molar-refractivity contribution in [2.75, 3.05) is 13.1 Å². The van der Waals surface area contributed by atoms with Crippen molar-refractivity contribution in [2.45, 2.75) is 13.3 Å². The van der Waals surface area contributed by atoms with Gasteiger partial charge in [-0.2, -0.15) is 5.10 Å². The average molecular weight is 275 g/mol. The zero-order valence-corrected chi connectivity index (χ0v) is 11.5. The zero-order chi connectivity index (χ0) is 14.7. The van der Waals surface area contributed by atoms with Crippen molar-refractivity contribution in [2.24, 2.45) is 7.05 Å². The summed E-state index contributed by atoms with van der Waals surface area (Å²) >= 11 is 0. The minimum atomic E-state index is -0.915. The van der Waals surface area contributed by atoms with Gasteiger partial charge in [-0.05, 0) is 13.0 Å². The molecule has 0 aliphatic heterocycles. The van der Waals surface area contributed by atoms with Gasteiger partial charge in [-0.15, -0.1) is 0 Å². The molecule has 1 amide bonds. The highest BCUT2D eigenvalue weighted by Crippen LogP contribution is 2.19. The quantitative estimate of drug-likeness (QED) is 0.897. The van der Waals surface area contributed by atoms with Crippen LogP contribution in [0.5, 0.6) is 0 Å². The molecule has 2 aromatic rings. The van der Waals surface area contributed by atoms with Crippen LogP contribution in [0, 0.1) is 0 Å². The first kappa shape index (κ1) is 14.0. The van der Waals surface area contributed by atoms with Gasteiger partial charge in [-0.1, -0.05) is 18.2 Å². The molecule has 0 unspecified atom stereocenters. The number of hydrogen-bond acceptors (Lipinski definition) is 3. The largest absolute Gasteiger partial charge is 0.481 e. The maximum absolute atomic E-state index is 12.5. The summed E-state index contributed by atoms with van der Waals surface area (Å²) in [6.07, 6.45) is -0.0651. The summed E-state index contributed by atoms with van der Waals surface area (Å²) in [4.78, 5) is 24.6. The number of aliphatic carboxylic acids is 1. The van der Waals surface area contributed by atoms with E-state index in [1.807, 2.05) is 31.2 Å². The fourth-order valence-corrected chi connectivity index (χ4v) is 2.16. The number of para-hydroxylation sites is 1. The Morgan fingerprint density at radius 1 is 1.35 bits per heavy atom. The maximum atomic E-state index is 12.5. The van der Waals surface area contributed by atoms with Gasteiger partial charge in [0.15, 0.2) is 5.69 Å². The summed E-state index contributed by atoms with van der Waals surface area (Å²) in [7, 11) is 1.78. The van der Waals surface area contributed by atoms with Crippen molar-refractivity contribution in [1.29, 1.82) is 0 Å². The van der Waals surface area contributed by atoms with Crippen LogP contribution in [-0.4, -0.2) is 44.8 Å². The number of carboxylic acids is 1. The first-order valence-electron chi connectivity index (χ1n) is 6.47. The lowest BCUT2D eigenvalue weighted by Gasteiger charge is -2.18. The number of hydrogen-bond donors (Lipinski definition) is 1. The molecule has 1 aromatic carbocycles. The van der Waals surface area contributed by atoms with Crippen molar-refractivity contribution in [3.05, 3.63) is 30.0 Å². The number of rotatable bonds is 5. The van der Waals surface area contributed by atoms with E-state index >= 15 is 0 Å². The van der Waals surface area contributed by atoms with Gasteiger partial charge in [0.1, 0.15) is 0 Å². The molecule has 6 nitrogen and oxygen atoms in total. The minimum absolute atomic E-state index is 0.0651. The standard InChI is InChI=1S/C14H17N3O3/c1-3-17(9-8-12(18)19)14(20)13-10-6-4-5-7-11(10)16(2)15-13/h4-7H,3,8-9H2,1-2H3,(H,18,19). The summed E-state index contributed by atoms with van der Waals surface area (Å²) in [6.45, 7) is 2.47. The Morgan fingerprint density at radius 2 is 2.05 bits per heavy atom. The van der Waals surface area contributed by atoms with E-state index in [-0.39, 0.29) is 18.9 Å². The molecule has 20 heavy (non-hydrogen) atoms. The lowest BCUT2D eigenvalue weighted by atomic mass is 10.2. The minimum Gasteiger partial charge on any atom is -0.481 e. The molecule has 0 fully saturated rings. The lowest BCUT2D eigenvalue weighted by Crippen LogP contribution is -2.33. The lowest BCUT2D eigenvalue weighted by molar-refractivity contribution is -0.137. The van der Waals surface area contributed by atoms with Crippen molar-refractivity contribution in [3.63, 3.8) is 0 Å². The second-order valence-corrected chi connectivity index (χ2v) is 4.52. The monoisotopic (exact) mass is 275 g/mol. The van der Waals surface area contributed by atoms with E-state index in [1.54, 1.807) is 11.7 Å². The summed E-state index contributed by atoms with van der Waals surface area (Å²) in [5.41, 5.74) is 1.25. The van der Waals surface area contributed by atoms with Crippen LogP contribution < -0.4 is 0 Å². The van der Waals surface area contributed by atoms with Crippen molar-refractivity contribution in [3.8, 4) is 0 Å². The molecule has 1 aromatic heterocycles. The summed E-state index contributed by atoms with van der Waals surface area (Å²) in [5.74, 6) is -1.15. The SMILES string of the molecule is CCN(CCC(=O)O)C(=O)c1nn(C)c2ccccc12. The van der Waals surface area contributed by atoms with E-state index < -0.39 is 5.97 Å². The maximum Gasteiger partial charge on any atom is 0.305 e. The van der Waals surface area contributed by atoms with Gasteiger partial charge >= 0.3 is 5.97 Å². The zero-order valence-electron chi connectivity index (χ0n) is 11.5. The van der Waals surface area contributed by atoms with E-state index in [0.29, 0.717) is 12.2 Å². The third-order valence-electron chi connectivity index (χ3n) is 3.22. The highest BCUT2D eigenvalue weighted by molar-refractivity contribution is 6.04. The van der Waals surface area contributed by atoms with Crippen molar-refractivity contribution in [1.82, 2.24) is 14.7 Å². The van der Waals surface area contributed by atoms with Gasteiger partial charge in [0.05, 0.1) is 11.9 Å². The van der Waals surface area contributed by atoms with Gasteiger partial charge in [0.2, 0.25) is 0 Å². The Bertz CT molecular complexity index is 648. The van der Waals surface area contributed by atoms with Crippen molar-refractivity contribution >= 4 is 22.8 Å². The predicted octanol–water partition coefficient (Wildman–Crippen LogP) is 1.51. The first-order chi connectivity index (χ1) is 9.54. The predicted molar refractivity (Wildman–Crippen MR) is 74.5 cm³/mol. The average Bonchev–Trinajstić information content (AvgIpc) is 2.77. The molecule has 0 atom stereocenters. The second kappa shape index (κ2) is 5.73. The fourth-order valence-electron chi connectivity index (χ4n) is 2.16. The van der Waals surface area contributed by atoms with E-state index in [9.17, 15) is 9.59 Å². The molecular formula is C14H17N3O3. The number of nitrogens with zero attached hydrogens (tertiary/aromatic N) is 3. The summed E-state index contributed by atoms with van der Waals surface area (Å²) in [6, 6.07) is 7.49. The van der Waals surface area contributed by atoms with Gasteiger partial charge in [-0.25, -0.2) is 0 Å². The first-order valence-corrected chi connectivity index (χ1v) is 6.47. The second-order valence-electron chi connectivity index (χ2n) is 4.52. The van der Waals surface area contributed by atoms with Crippen LogP contribution in [0.2, 0.25) is 0 Å². The molecule has 1 N–H and O–H groups in total. The molecule has 0 saturated carbocycles. The summed E-state index contributed by atoms with van der Waals surface area (Å²) < 4.78 is 1.66. The topological polar surface area (TPSA) is 75.4 Å². The highest BCUT2D eigenvalue weighted by Gasteiger charge is 2.21. The number of fused-ring (bicyclic) bond motifs is 1. The molecule has 0 saturated heterocycles. The molecule has 0 bridgehead atoms. The highest BCUT2D eigenvalue weighted by atomic mass is 16.4. The molecular weight excluding hydrogens is 258 g/mol. The number of carboxylic acid groups (broad SMARTS) is 1. The number of amides is 1. The summed E-state index contributed by atoms with van der Waals surface area (Å²) in [5, 5.41) is 13.8. The molecule has 2 rings (SSSR count). The molecule has 106 valence electrons. The molecule has 0 spiro atoms. The fraction of sp³-hybridized carbons (Fsp3) is 0.357. The van der Waals surface area contributed by atoms with Crippen LogP contribution in [0.15, 0.2) is 24.3 Å².